The van der Waals surface area contributed by atoms with Crippen LogP contribution in [0.15, 0.2) is 12.4 Å². The van der Waals surface area contributed by atoms with E-state index in [1.807, 2.05) is 34.6 Å². The van der Waals surface area contributed by atoms with E-state index in [0.29, 0.717) is 19.6 Å². The van der Waals surface area contributed by atoms with Gasteiger partial charge in [0.15, 0.2) is 0 Å². The van der Waals surface area contributed by atoms with Crippen LogP contribution in [-0.4, -0.2) is 62.5 Å². The molecule has 1 aliphatic rings. The lowest BCUT2D eigenvalue weighted by Crippen LogP contribution is -2.62. The number of hydrogen-bond donors (Lipinski definition) is 0. The first kappa shape index (κ1) is 18.4. The molecule has 132 valence electrons. The van der Waals surface area contributed by atoms with E-state index in [1.165, 1.54) is 12.4 Å². The molecule has 0 bridgehead atoms. The van der Waals surface area contributed by atoms with Gasteiger partial charge in [-0.05, 0) is 34.6 Å². The van der Waals surface area contributed by atoms with Crippen molar-refractivity contribution in [1.29, 1.82) is 0 Å². The van der Waals surface area contributed by atoms with Crippen molar-refractivity contribution in [1.82, 2.24) is 19.8 Å². The zero-order valence-corrected chi connectivity index (χ0v) is 15.4. The van der Waals surface area contributed by atoms with E-state index in [1.54, 1.807) is 9.80 Å². The molecule has 2 amide bonds. The van der Waals surface area contributed by atoms with Crippen molar-refractivity contribution in [2.75, 3.05) is 19.6 Å². The Morgan fingerprint density at radius 1 is 1.21 bits per heavy atom. The summed E-state index contributed by atoms with van der Waals surface area (Å²) in [6.07, 6.45) is 2.33. The Labute approximate surface area is 147 Å². The fourth-order valence-electron chi connectivity index (χ4n) is 2.57. The molecule has 1 aromatic rings. The van der Waals surface area contributed by atoms with Gasteiger partial charge in [0.1, 0.15) is 16.4 Å². The molecule has 24 heavy (non-hydrogen) atoms. The number of halogens is 1. The highest BCUT2D eigenvalue weighted by Gasteiger charge is 2.40. The molecular weight excluding hydrogens is 332 g/mol. The van der Waals surface area contributed by atoms with E-state index in [-0.39, 0.29) is 22.8 Å². The molecule has 0 saturated carbocycles. The third-order valence-electron chi connectivity index (χ3n) is 3.64. The molecule has 2 heterocycles. The van der Waals surface area contributed by atoms with Crippen LogP contribution in [0.1, 0.15) is 45.1 Å². The zero-order chi connectivity index (χ0) is 18.1. The number of aromatic nitrogens is 2. The van der Waals surface area contributed by atoms with Crippen molar-refractivity contribution in [2.24, 2.45) is 0 Å². The number of amides is 2. The van der Waals surface area contributed by atoms with E-state index < -0.39 is 11.1 Å². The SMILES string of the molecule is CC(C)(C)OC(=O)N1CCN(C(=O)c2cnc(Cl)cn2)CC1(C)C. The normalized spacial score (nSPS) is 17.6. The van der Waals surface area contributed by atoms with Gasteiger partial charge >= 0.3 is 6.09 Å². The second kappa shape index (κ2) is 6.55. The first-order chi connectivity index (χ1) is 11.0. The zero-order valence-electron chi connectivity index (χ0n) is 14.7. The van der Waals surface area contributed by atoms with E-state index in [2.05, 4.69) is 9.97 Å². The highest BCUT2D eigenvalue weighted by Crippen LogP contribution is 2.24. The van der Waals surface area contributed by atoms with Gasteiger partial charge in [0.05, 0.1) is 17.9 Å². The number of carbonyl (C=O) groups is 2. The molecule has 0 aliphatic carbocycles. The summed E-state index contributed by atoms with van der Waals surface area (Å²) >= 11 is 5.70. The summed E-state index contributed by atoms with van der Waals surface area (Å²) in [5.41, 5.74) is -0.865. The lowest BCUT2D eigenvalue weighted by atomic mass is 9.99. The Morgan fingerprint density at radius 3 is 2.38 bits per heavy atom. The van der Waals surface area contributed by atoms with Gasteiger partial charge in [-0.15, -0.1) is 0 Å². The highest BCUT2D eigenvalue weighted by atomic mass is 35.5. The van der Waals surface area contributed by atoms with Crippen LogP contribution >= 0.6 is 11.6 Å². The largest absolute Gasteiger partial charge is 0.444 e. The molecule has 0 spiro atoms. The summed E-state index contributed by atoms with van der Waals surface area (Å²) < 4.78 is 5.45. The van der Waals surface area contributed by atoms with Gasteiger partial charge in [0, 0.05) is 19.6 Å². The van der Waals surface area contributed by atoms with E-state index in [9.17, 15) is 9.59 Å². The third kappa shape index (κ3) is 4.35. The van der Waals surface area contributed by atoms with Crippen molar-refractivity contribution >= 4 is 23.6 Å². The van der Waals surface area contributed by atoms with Gasteiger partial charge in [-0.25, -0.2) is 14.8 Å². The second-order valence-corrected chi connectivity index (χ2v) is 7.78. The van der Waals surface area contributed by atoms with Gasteiger partial charge in [-0.1, -0.05) is 11.6 Å². The minimum absolute atomic E-state index is 0.226. The first-order valence-corrected chi connectivity index (χ1v) is 8.15. The van der Waals surface area contributed by atoms with Crippen LogP contribution in [0.5, 0.6) is 0 Å². The molecule has 1 aromatic heterocycles. The molecule has 1 aliphatic heterocycles. The minimum Gasteiger partial charge on any atom is -0.444 e. The average Bonchev–Trinajstić information content (AvgIpc) is 2.44. The van der Waals surface area contributed by atoms with Crippen LogP contribution < -0.4 is 0 Å². The predicted octanol–water partition coefficient (Wildman–Crippen LogP) is 2.60. The van der Waals surface area contributed by atoms with Crippen LogP contribution in [-0.2, 0) is 4.74 Å². The number of piperazine rings is 1. The lowest BCUT2D eigenvalue weighted by Gasteiger charge is -2.46. The molecule has 0 aromatic carbocycles. The Morgan fingerprint density at radius 2 is 1.88 bits per heavy atom. The van der Waals surface area contributed by atoms with Crippen molar-refractivity contribution in [3.63, 3.8) is 0 Å². The van der Waals surface area contributed by atoms with E-state index in [0.717, 1.165) is 0 Å². The summed E-state index contributed by atoms with van der Waals surface area (Å²) in [6, 6.07) is 0. The topological polar surface area (TPSA) is 75.6 Å². The number of rotatable bonds is 1. The van der Waals surface area contributed by atoms with E-state index in [4.69, 9.17) is 16.3 Å². The summed E-state index contributed by atoms with van der Waals surface area (Å²) in [5.74, 6) is -0.226. The van der Waals surface area contributed by atoms with Gasteiger partial charge in [0.2, 0.25) is 0 Å². The smallest absolute Gasteiger partial charge is 0.410 e. The van der Waals surface area contributed by atoms with Crippen LogP contribution in [0.2, 0.25) is 5.15 Å². The number of ether oxygens (including phenoxy) is 1. The molecule has 0 radical (unpaired) electrons. The van der Waals surface area contributed by atoms with Crippen molar-refractivity contribution < 1.29 is 14.3 Å². The number of carbonyl (C=O) groups excluding carboxylic acids is 2. The predicted molar refractivity (Wildman–Crippen MR) is 90.0 cm³/mol. The minimum atomic E-state index is -0.557. The second-order valence-electron chi connectivity index (χ2n) is 7.40. The first-order valence-electron chi connectivity index (χ1n) is 7.77. The molecule has 2 rings (SSSR count). The Balaban J connectivity index is 2.08. The molecule has 7 nitrogen and oxygen atoms in total. The Hall–Kier alpha value is -1.89. The number of hydrogen-bond acceptors (Lipinski definition) is 5. The Kier molecular flexibility index (Phi) is 5.03. The molecular formula is C16H23ClN4O3. The number of nitrogens with zero attached hydrogens (tertiary/aromatic N) is 4. The third-order valence-corrected chi connectivity index (χ3v) is 3.84. The maximum absolute atomic E-state index is 12.5. The van der Waals surface area contributed by atoms with E-state index >= 15 is 0 Å². The van der Waals surface area contributed by atoms with Gasteiger partial charge < -0.3 is 9.64 Å². The summed E-state index contributed by atoms with van der Waals surface area (Å²) in [7, 11) is 0. The molecule has 8 heteroatoms. The quantitative estimate of drug-likeness (QED) is 0.774. The summed E-state index contributed by atoms with van der Waals surface area (Å²) in [5, 5.41) is 0.238. The molecule has 0 unspecified atom stereocenters. The fourth-order valence-corrected chi connectivity index (χ4v) is 2.67. The van der Waals surface area contributed by atoms with Gasteiger partial charge in [-0.2, -0.15) is 0 Å². The molecule has 1 saturated heterocycles. The fraction of sp³-hybridized carbons (Fsp3) is 0.625. The van der Waals surface area contributed by atoms with Crippen LogP contribution in [0, 0.1) is 0 Å². The maximum atomic E-state index is 12.5. The molecule has 1 fully saturated rings. The van der Waals surface area contributed by atoms with Crippen LogP contribution in [0.3, 0.4) is 0 Å². The van der Waals surface area contributed by atoms with Gasteiger partial charge in [0.25, 0.3) is 5.91 Å². The lowest BCUT2D eigenvalue weighted by molar-refractivity contribution is -0.0203. The van der Waals surface area contributed by atoms with Crippen molar-refractivity contribution in [3.8, 4) is 0 Å². The monoisotopic (exact) mass is 354 g/mol. The summed E-state index contributed by atoms with van der Waals surface area (Å²) in [4.78, 5) is 36.2. The van der Waals surface area contributed by atoms with Crippen molar-refractivity contribution in [3.05, 3.63) is 23.2 Å². The van der Waals surface area contributed by atoms with Crippen molar-refractivity contribution in [2.45, 2.75) is 45.8 Å². The van der Waals surface area contributed by atoms with Gasteiger partial charge in [-0.3, -0.25) is 9.69 Å². The molecule has 0 atom stereocenters. The highest BCUT2D eigenvalue weighted by molar-refractivity contribution is 6.29. The maximum Gasteiger partial charge on any atom is 0.410 e. The van der Waals surface area contributed by atoms with Crippen LogP contribution in [0.4, 0.5) is 4.79 Å². The standard InChI is InChI=1S/C16H23ClN4O3/c1-15(2,3)24-14(23)21-7-6-20(10-16(21,4)5)13(22)11-8-19-12(17)9-18-11/h8-9H,6-7,10H2,1-5H3. The summed E-state index contributed by atoms with van der Waals surface area (Å²) in [6.45, 7) is 10.5. The molecule has 0 N–H and O–H groups in total. The Bertz CT molecular complexity index is 625. The average molecular weight is 355 g/mol. The van der Waals surface area contributed by atoms with Crippen LogP contribution in [0.25, 0.3) is 0 Å².